The van der Waals surface area contributed by atoms with E-state index in [1.165, 1.54) is 21.8 Å². The van der Waals surface area contributed by atoms with Crippen molar-refractivity contribution in [1.82, 2.24) is 14.8 Å². The first-order chi connectivity index (χ1) is 17.2. The molecule has 196 valence electrons. The smallest absolute Gasteiger partial charge is 0.365 e. The lowest BCUT2D eigenvalue weighted by atomic mass is 10.1. The summed E-state index contributed by atoms with van der Waals surface area (Å²) in [5.74, 6) is -0.636. The SMILES string of the molecule is Cc1cnc(NC(C)(C)C)c(C(=O)Nc2cnn3c2C(=O)N(c2ccc(C(F)(F)F)c(Cl)c2)C[C@@H]3C)c1. The Morgan fingerprint density at radius 1 is 1.16 bits per heavy atom. The molecule has 3 aromatic rings. The summed E-state index contributed by atoms with van der Waals surface area (Å²) >= 11 is 5.89. The summed E-state index contributed by atoms with van der Waals surface area (Å²) in [5.41, 5.74) is 0.207. The summed E-state index contributed by atoms with van der Waals surface area (Å²) in [7, 11) is 0. The van der Waals surface area contributed by atoms with Gasteiger partial charge in [0.15, 0.2) is 5.69 Å². The molecule has 37 heavy (non-hydrogen) atoms. The van der Waals surface area contributed by atoms with Crippen molar-refractivity contribution in [2.45, 2.75) is 52.4 Å². The Kier molecular flexibility index (Phi) is 6.70. The maximum absolute atomic E-state index is 13.5. The molecule has 0 saturated carbocycles. The number of nitrogens with one attached hydrogen (secondary N) is 2. The fourth-order valence-electron chi connectivity index (χ4n) is 4.06. The first-order valence-corrected chi connectivity index (χ1v) is 11.9. The first kappa shape index (κ1) is 26.5. The van der Waals surface area contributed by atoms with E-state index >= 15 is 0 Å². The van der Waals surface area contributed by atoms with Crippen molar-refractivity contribution < 1.29 is 22.8 Å². The minimum absolute atomic E-state index is 0.106. The topological polar surface area (TPSA) is 92.1 Å². The third kappa shape index (κ3) is 5.41. The van der Waals surface area contributed by atoms with Crippen molar-refractivity contribution in [3.8, 4) is 0 Å². The number of pyridine rings is 1. The highest BCUT2D eigenvalue weighted by atomic mass is 35.5. The summed E-state index contributed by atoms with van der Waals surface area (Å²) in [6.07, 6.45) is -1.59. The number of carbonyl (C=O) groups is 2. The monoisotopic (exact) mass is 534 g/mol. The highest BCUT2D eigenvalue weighted by Crippen LogP contribution is 2.38. The Morgan fingerprint density at radius 3 is 2.49 bits per heavy atom. The van der Waals surface area contributed by atoms with Gasteiger partial charge in [-0.3, -0.25) is 14.3 Å². The molecule has 0 saturated heterocycles. The summed E-state index contributed by atoms with van der Waals surface area (Å²) in [5, 5.41) is 9.73. The Hall–Kier alpha value is -3.60. The van der Waals surface area contributed by atoms with E-state index < -0.39 is 28.6 Å². The second kappa shape index (κ2) is 9.37. The Labute approximate surface area is 216 Å². The number of rotatable bonds is 4. The predicted molar refractivity (Wildman–Crippen MR) is 135 cm³/mol. The molecule has 1 aliphatic rings. The number of aryl methyl sites for hydroxylation is 1. The quantitative estimate of drug-likeness (QED) is 0.432. The molecule has 2 N–H and O–H groups in total. The largest absolute Gasteiger partial charge is 0.417 e. The van der Waals surface area contributed by atoms with Crippen LogP contribution in [0.3, 0.4) is 0 Å². The summed E-state index contributed by atoms with van der Waals surface area (Å²) < 4.78 is 40.9. The molecule has 0 unspecified atom stereocenters. The third-order valence-electron chi connectivity index (χ3n) is 5.69. The number of nitrogens with zero attached hydrogens (tertiary/aromatic N) is 4. The summed E-state index contributed by atoms with van der Waals surface area (Å²) in [6, 6.07) is 4.53. The van der Waals surface area contributed by atoms with Gasteiger partial charge in [-0.25, -0.2) is 4.98 Å². The van der Waals surface area contributed by atoms with Gasteiger partial charge in [0.05, 0.1) is 34.1 Å². The number of hydrogen-bond acceptors (Lipinski definition) is 5. The number of alkyl halides is 3. The normalized spacial score (nSPS) is 16.0. The average Bonchev–Trinajstić information content (AvgIpc) is 3.20. The Bertz CT molecular complexity index is 1380. The van der Waals surface area contributed by atoms with Gasteiger partial charge in [-0.2, -0.15) is 18.3 Å². The van der Waals surface area contributed by atoms with Crippen molar-refractivity contribution in [3.05, 3.63) is 64.1 Å². The molecular weight excluding hydrogens is 509 g/mol. The minimum atomic E-state index is -4.61. The zero-order valence-electron chi connectivity index (χ0n) is 20.9. The van der Waals surface area contributed by atoms with Crippen molar-refractivity contribution in [1.29, 1.82) is 0 Å². The van der Waals surface area contributed by atoms with E-state index in [1.54, 1.807) is 12.3 Å². The van der Waals surface area contributed by atoms with Crippen molar-refractivity contribution >= 4 is 40.6 Å². The van der Waals surface area contributed by atoms with Gasteiger partial charge in [0.2, 0.25) is 0 Å². The van der Waals surface area contributed by atoms with E-state index in [1.807, 2.05) is 34.6 Å². The number of hydrogen-bond donors (Lipinski definition) is 2. The maximum Gasteiger partial charge on any atom is 0.417 e. The van der Waals surface area contributed by atoms with Crippen molar-refractivity contribution in [2.75, 3.05) is 22.1 Å². The number of amides is 2. The van der Waals surface area contributed by atoms with Crippen LogP contribution in [0, 0.1) is 6.92 Å². The van der Waals surface area contributed by atoms with Gasteiger partial charge in [0.1, 0.15) is 5.82 Å². The van der Waals surface area contributed by atoms with E-state index in [2.05, 4.69) is 20.7 Å². The standard InChI is InChI=1S/C25H26ClF3N6O2/c1-13-8-16(21(30-10-13)33-24(3,4)5)22(36)32-19-11-31-35-14(2)12-34(23(37)20(19)35)15-6-7-17(18(26)9-15)25(27,28)29/h6-11,14H,12H2,1-5H3,(H,30,33)(H,32,36)/t14-/m0/s1. The van der Waals surface area contributed by atoms with Crippen LogP contribution in [0.2, 0.25) is 5.02 Å². The number of halogens is 4. The van der Waals surface area contributed by atoms with Crippen LogP contribution in [0.15, 0.2) is 36.7 Å². The van der Waals surface area contributed by atoms with Crippen LogP contribution in [0.5, 0.6) is 0 Å². The van der Waals surface area contributed by atoms with Crippen LogP contribution in [0.4, 0.5) is 30.4 Å². The highest BCUT2D eigenvalue weighted by molar-refractivity contribution is 6.31. The van der Waals surface area contributed by atoms with E-state index in [0.717, 1.165) is 17.7 Å². The van der Waals surface area contributed by atoms with Crippen LogP contribution in [0.1, 0.15) is 65.7 Å². The number of aromatic nitrogens is 3. The van der Waals surface area contributed by atoms with Crippen LogP contribution in [-0.4, -0.2) is 38.7 Å². The van der Waals surface area contributed by atoms with E-state index in [4.69, 9.17) is 11.6 Å². The van der Waals surface area contributed by atoms with Crippen LogP contribution >= 0.6 is 11.6 Å². The Morgan fingerprint density at radius 2 is 1.86 bits per heavy atom. The second-order valence-electron chi connectivity index (χ2n) is 10.0. The zero-order chi connectivity index (χ0) is 27.3. The van der Waals surface area contributed by atoms with Gasteiger partial charge in [-0.05, 0) is 64.4 Å². The van der Waals surface area contributed by atoms with E-state index in [9.17, 15) is 22.8 Å². The van der Waals surface area contributed by atoms with Gasteiger partial charge in [0, 0.05) is 24.0 Å². The number of carbonyl (C=O) groups excluding carboxylic acids is 2. The molecule has 4 rings (SSSR count). The fraction of sp³-hybridized carbons (Fsp3) is 0.360. The van der Waals surface area contributed by atoms with E-state index in [0.29, 0.717) is 5.82 Å². The maximum atomic E-state index is 13.5. The molecule has 2 aromatic heterocycles. The minimum Gasteiger partial charge on any atom is -0.365 e. The number of anilines is 3. The lowest BCUT2D eigenvalue weighted by Gasteiger charge is -2.32. The summed E-state index contributed by atoms with van der Waals surface area (Å²) in [6.45, 7) is 9.59. The molecule has 0 fully saturated rings. The number of fused-ring (bicyclic) bond motifs is 1. The highest BCUT2D eigenvalue weighted by Gasteiger charge is 2.37. The lowest BCUT2D eigenvalue weighted by Crippen LogP contribution is -2.43. The van der Waals surface area contributed by atoms with Crippen LogP contribution in [-0.2, 0) is 6.18 Å². The first-order valence-electron chi connectivity index (χ1n) is 11.5. The summed E-state index contributed by atoms with van der Waals surface area (Å²) in [4.78, 5) is 32.5. The second-order valence-corrected chi connectivity index (χ2v) is 10.4. The van der Waals surface area contributed by atoms with Gasteiger partial charge < -0.3 is 15.5 Å². The fourth-order valence-corrected chi connectivity index (χ4v) is 4.35. The van der Waals surface area contributed by atoms with Crippen LogP contribution in [0.25, 0.3) is 0 Å². The molecule has 0 spiro atoms. The Balaban J connectivity index is 1.66. The predicted octanol–water partition coefficient (Wildman–Crippen LogP) is 5.94. The van der Waals surface area contributed by atoms with Gasteiger partial charge in [-0.1, -0.05) is 11.6 Å². The average molecular weight is 535 g/mol. The molecule has 1 aromatic carbocycles. The van der Waals surface area contributed by atoms with Crippen molar-refractivity contribution in [3.63, 3.8) is 0 Å². The molecule has 0 aliphatic carbocycles. The zero-order valence-corrected chi connectivity index (χ0v) is 21.6. The molecule has 2 amide bonds. The molecule has 12 heteroatoms. The molecular formula is C25H26ClF3N6O2. The molecule has 3 heterocycles. The van der Waals surface area contributed by atoms with Crippen molar-refractivity contribution in [2.24, 2.45) is 0 Å². The lowest BCUT2D eigenvalue weighted by molar-refractivity contribution is -0.137. The number of benzene rings is 1. The molecule has 1 atom stereocenters. The molecule has 1 aliphatic heterocycles. The van der Waals surface area contributed by atoms with Crippen LogP contribution < -0.4 is 15.5 Å². The molecule has 8 nitrogen and oxygen atoms in total. The molecule has 0 bridgehead atoms. The molecule has 0 radical (unpaired) electrons. The van der Waals surface area contributed by atoms with Gasteiger partial charge in [-0.15, -0.1) is 0 Å². The van der Waals surface area contributed by atoms with Gasteiger partial charge >= 0.3 is 6.18 Å². The van der Waals surface area contributed by atoms with Gasteiger partial charge in [0.25, 0.3) is 11.8 Å². The third-order valence-corrected chi connectivity index (χ3v) is 6.00. The van der Waals surface area contributed by atoms with E-state index in [-0.39, 0.29) is 40.8 Å².